The quantitative estimate of drug-likeness (QED) is 0.0863. The Labute approximate surface area is 220 Å². The SMILES string of the molecule is CCOc1cc(C=C2SC(=S)N(c3ccccc3Cl)C2=O)ccc1OC(=O)c1cccc([N+](=O)[O-])c1. The summed E-state index contributed by atoms with van der Waals surface area (Å²) in [5, 5.41) is 11.4. The van der Waals surface area contributed by atoms with E-state index in [9.17, 15) is 19.7 Å². The molecule has 1 heterocycles. The Bertz CT molecular complexity index is 1430. The van der Waals surface area contributed by atoms with E-state index in [1.807, 2.05) is 0 Å². The second-order valence-corrected chi connectivity index (χ2v) is 9.39. The molecule has 4 rings (SSSR count). The minimum atomic E-state index is -0.770. The van der Waals surface area contributed by atoms with Crippen molar-refractivity contribution in [1.82, 2.24) is 0 Å². The number of esters is 1. The van der Waals surface area contributed by atoms with Gasteiger partial charge in [0.2, 0.25) is 0 Å². The number of thiocarbonyl (C=S) groups is 1. The Balaban J connectivity index is 1.59. The number of hydrogen-bond donors (Lipinski definition) is 0. The fourth-order valence-corrected chi connectivity index (χ4v) is 4.84. The van der Waals surface area contributed by atoms with Crippen molar-refractivity contribution in [3.8, 4) is 11.5 Å². The van der Waals surface area contributed by atoms with Crippen LogP contribution in [0.2, 0.25) is 5.02 Å². The molecule has 11 heteroatoms. The summed E-state index contributed by atoms with van der Waals surface area (Å²) in [4.78, 5) is 37.8. The van der Waals surface area contributed by atoms with Crippen LogP contribution in [0.15, 0.2) is 71.6 Å². The number of carbonyl (C=O) groups excluding carboxylic acids is 2. The molecule has 0 aromatic heterocycles. The molecule has 1 aliphatic rings. The molecular weight excluding hydrogens is 524 g/mol. The lowest BCUT2D eigenvalue weighted by Crippen LogP contribution is -2.27. The van der Waals surface area contributed by atoms with Crippen LogP contribution >= 0.6 is 35.6 Å². The Morgan fingerprint density at radius 3 is 2.64 bits per heavy atom. The van der Waals surface area contributed by atoms with Gasteiger partial charge in [0.1, 0.15) is 0 Å². The third kappa shape index (κ3) is 5.40. The Kier molecular flexibility index (Phi) is 7.68. The molecule has 0 saturated carbocycles. The molecule has 8 nitrogen and oxygen atoms in total. The number of non-ortho nitro benzene ring substituents is 1. The molecule has 182 valence electrons. The summed E-state index contributed by atoms with van der Waals surface area (Å²) in [6, 6.07) is 17.0. The molecule has 36 heavy (non-hydrogen) atoms. The highest BCUT2D eigenvalue weighted by atomic mass is 35.5. The van der Waals surface area contributed by atoms with Gasteiger partial charge in [-0.2, -0.15) is 0 Å². The number of nitro benzene ring substituents is 1. The lowest BCUT2D eigenvalue weighted by atomic mass is 10.1. The standard InChI is InChI=1S/C25H17ClN2O6S2/c1-2-33-21-12-15(10-11-20(21)34-24(30)16-6-5-7-17(14-16)28(31)32)13-22-23(29)27(25(35)36-22)19-9-4-3-8-18(19)26/h3-14H,2H2,1H3. The second-order valence-electron chi connectivity index (χ2n) is 7.30. The lowest BCUT2D eigenvalue weighted by Gasteiger charge is -2.15. The van der Waals surface area contributed by atoms with Crippen LogP contribution < -0.4 is 14.4 Å². The number of halogens is 1. The Morgan fingerprint density at radius 1 is 1.14 bits per heavy atom. The number of para-hydroxylation sites is 1. The molecule has 1 aliphatic heterocycles. The molecule has 1 fully saturated rings. The fourth-order valence-electron chi connectivity index (χ4n) is 3.33. The third-order valence-corrected chi connectivity index (χ3v) is 6.57. The van der Waals surface area contributed by atoms with Gasteiger partial charge in [-0.15, -0.1) is 0 Å². The Hall–Kier alpha value is -3.73. The molecular formula is C25H17ClN2O6S2. The molecule has 0 N–H and O–H groups in total. The van der Waals surface area contributed by atoms with Gasteiger partial charge in [0.05, 0.1) is 32.7 Å². The number of hydrogen-bond acceptors (Lipinski definition) is 8. The van der Waals surface area contributed by atoms with Crippen LogP contribution in [0.1, 0.15) is 22.8 Å². The van der Waals surface area contributed by atoms with Crippen LogP contribution in [0, 0.1) is 10.1 Å². The van der Waals surface area contributed by atoms with Crippen molar-refractivity contribution in [3.05, 3.63) is 97.9 Å². The van der Waals surface area contributed by atoms with Crippen molar-refractivity contribution in [2.45, 2.75) is 6.92 Å². The van der Waals surface area contributed by atoms with Crippen LogP contribution in [0.5, 0.6) is 11.5 Å². The van der Waals surface area contributed by atoms with Gasteiger partial charge in [-0.3, -0.25) is 19.8 Å². The van der Waals surface area contributed by atoms with Crippen LogP contribution in [0.25, 0.3) is 6.08 Å². The summed E-state index contributed by atoms with van der Waals surface area (Å²) in [6.45, 7) is 2.06. The number of carbonyl (C=O) groups is 2. The van der Waals surface area contributed by atoms with Gasteiger partial charge in [0.25, 0.3) is 11.6 Å². The summed E-state index contributed by atoms with van der Waals surface area (Å²) in [5.74, 6) is -0.675. The lowest BCUT2D eigenvalue weighted by molar-refractivity contribution is -0.384. The first-order valence-corrected chi connectivity index (χ1v) is 12.1. The van der Waals surface area contributed by atoms with E-state index in [1.165, 1.54) is 29.2 Å². The van der Waals surface area contributed by atoms with Gasteiger partial charge >= 0.3 is 5.97 Å². The number of ether oxygens (including phenoxy) is 2. The van der Waals surface area contributed by atoms with E-state index in [0.717, 1.165) is 17.8 Å². The zero-order valence-corrected chi connectivity index (χ0v) is 21.1. The predicted molar refractivity (Wildman–Crippen MR) is 143 cm³/mol. The van der Waals surface area contributed by atoms with Gasteiger partial charge in [0.15, 0.2) is 15.8 Å². The third-order valence-electron chi connectivity index (χ3n) is 4.95. The number of nitro groups is 1. The largest absolute Gasteiger partial charge is 0.490 e. The summed E-state index contributed by atoms with van der Waals surface area (Å²) in [5.41, 5.74) is 0.926. The van der Waals surface area contributed by atoms with E-state index in [4.69, 9.17) is 33.3 Å². The molecule has 0 spiro atoms. The number of benzene rings is 3. The van der Waals surface area contributed by atoms with E-state index in [2.05, 4.69) is 0 Å². The number of amides is 1. The van der Waals surface area contributed by atoms with E-state index in [0.29, 0.717) is 32.1 Å². The van der Waals surface area contributed by atoms with Gasteiger partial charge in [-0.05, 0) is 48.9 Å². The van der Waals surface area contributed by atoms with Crippen molar-refractivity contribution < 1.29 is 24.0 Å². The normalized spacial score (nSPS) is 14.3. The maximum absolute atomic E-state index is 13.1. The minimum Gasteiger partial charge on any atom is -0.490 e. The molecule has 0 unspecified atom stereocenters. The fraction of sp³-hybridized carbons (Fsp3) is 0.0800. The molecule has 0 atom stereocenters. The highest BCUT2D eigenvalue weighted by molar-refractivity contribution is 8.27. The Morgan fingerprint density at radius 2 is 1.92 bits per heavy atom. The van der Waals surface area contributed by atoms with Crippen molar-refractivity contribution in [2.24, 2.45) is 0 Å². The molecule has 1 saturated heterocycles. The van der Waals surface area contributed by atoms with Crippen molar-refractivity contribution in [1.29, 1.82) is 0 Å². The van der Waals surface area contributed by atoms with Crippen LogP contribution in [-0.2, 0) is 4.79 Å². The first-order chi connectivity index (χ1) is 17.3. The molecule has 0 aliphatic carbocycles. The number of anilines is 1. The van der Waals surface area contributed by atoms with E-state index in [1.54, 1.807) is 49.4 Å². The first kappa shape index (κ1) is 25.4. The minimum absolute atomic E-state index is 0.0268. The molecule has 1 amide bonds. The average Bonchev–Trinajstić information content (AvgIpc) is 3.13. The summed E-state index contributed by atoms with van der Waals surface area (Å²) in [6.07, 6.45) is 1.66. The zero-order valence-electron chi connectivity index (χ0n) is 18.7. The topological polar surface area (TPSA) is 99.0 Å². The maximum atomic E-state index is 13.1. The van der Waals surface area contributed by atoms with E-state index in [-0.39, 0.29) is 28.7 Å². The molecule has 0 radical (unpaired) electrons. The van der Waals surface area contributed by atoms with Crippen molar-refractivity contribution in [3.63, 3.8) is 0 Å². The maximum Gasteiger partial charge on any atom is 0.343 e. The smallest absolute Gasteiger partial charge is 0.343 e. The summed E-state index contributed by atoms with van der Waals surface area (Å²) >= 11 is 12.8. The average molecular weight is 541 g/mol. The predicted octanol–water partition coefficient (Wildman–Crippen LogP) is 6.27. The van der Waals surface area contributed by atoms with Crippen molar-refractivity contribution >= 4 is 69.2 Å². The molecule has 3 aromatic carbocycles. The van der Waals surface area contributed by atoms with Gasteiger partial charge in [0, 0.05) is 12.1 Å². The van der Waals surface area contributed by atoms with E-state index >= 15 is 0 Å². The summed E-state index contributed by atoms with van der Waals surface area (Å²) in [7, 11) is 0. The number of rotatable bonds is 7. The van der Waals surface area contributed by atoms with E-state index < -0.39 is 10.9 Å². The van der Waals surface area contributed by atoms with Crippen LogP contribution in [0.3, 0.4) is 0 Å². The van der Waals surface area contributed by atoms with Gasteiger partial charge in [-0.1, -0.05) is 59.8 Å². The number of thioether (sulfide) groups is 1. The van der Waals surface area contributed by atoms with Crippen LogP contribution in [-0.4, -0.2) is 27.7 Å². The molecule has 0 bridgehead atoms. The highest BCUT2D eigenvalue weighted by Gasteiger charge is 2.34. The van der Waals surface area contributed by atoms with Crippen molar-refractivity contribution in [2.75, 3.05) is 11.5 Å². The zero-order chi connectivity index (χ0) is 25.8. The van der Waals surface area contributed by atoms with Crippen LogP contribution in [0.4, 0.5) is 11.4 Å². The number of nitrogens with zero attached hydrogens (tertiary/aromatic N) is 2. The summed E-state index contributed by atoms with van der Waals surface area (Å²) < 4.78 is 11.4. The molecule has 3 aromatic rings. The second kappa shape index (κ2) is 10.9. The highest BCUT2D eigenvalue weighted by Crippen LogP contribution is 2.39. The van der Waals surface area contributed by atoms with Gasteiger partial charge in [-0.25, -0.2) is 4.79 Å². The first-order valence-electron chi connectivity index (χ1n) is 10.5. The van der Waals surface area contributed by atoms with Gasteiger partial charge < -0.3 is 9.47 Å². The monoisotopic (exact) mass is 540 g/mol.